The van der Waals surface area contributed by atoms with Gasteiger partial charge in [-0.15, -0.1) is 0 Å². The molecule has 5 heteroatoms. The Kier molecular flexibility index (Phi) is 5.86. The monoisotopic (exact) mass is 268 g/mol. The lowest BCUT2D eigenvalue weighted by Gasteiger charge is -2.36. The number of nitrogens with one attached hydrogen (secondary N) is 2. The van der Waals surface area contributed by atoms with Crippen molar-refractivity contribution in [1.82, 2.24) is 10.6 Å². The van der Waals surface area contributed by atoms with Gasteiger partial charge < -0.3 is 15.7 Å². The lowest BCUT2D eigenvalue weighted by atomic mass is 9.77. The van der Waals surface area contributed by atoms with Crippen LogP contribution in [0.25, 0.3) is 0 Å². The number of hydrogen-bond donors (Lipinski definition) is 3. The van der Waals surface area contributed by atoms with Crippen molar-refractivity contribution < 1.29 is 14.7 Å². The maximum atomic E-state index is 11.8. The van der Waals surface area contributed by atoms with E-state index in [-0.39, 0.29) is 6.03 Å². The number of urea groups is 1. The number of hydrogen-bond acceptors (Lipinski definition) is 2. The van der Waals surface area contributed by atoms with Gasteiger partial charge in [0.05, 0.1) is 0 Å². The van der Waals surface area contributed by atoms with E-state index in [0.717, 1.165) is 19.3 Å². The van der Waals surface area contributed by atoms with Gasteiger partial charge in [0.25, 0.3) is 0 Å². The largest absolute Gasteiger partial charge is 0.480 e. The Morgan fingerprint density at radius 3 is 2.53 bits per heavy atom. The number of carbonyl (C=O) groups excluding carboxylic acids is 1. The molecule has 0 aliphatic heterocycles. The molecule has 0 unspecified atom stereocenters. The van der Waals surface area contributed by atoms with E-state index in [0.29, 0.717) is 25.3 Å². The van der Waals surface area contributed by atoms with Crippen molar-refractivity contribution in [3.8, 4) is 0 Å². The van der Waals surface area contributed by atoms with Crippen molar-refractivity contribution in [3.63, 3.8) is 0 Å². The Labute approximate surface area is 114 Å². The highest BCUT2D eigenvalue weighted by molar-refractivity contribution is 5.86. The lowest BCUT2D eigenvalue weighted by molar-refractivity contribution is -0.146. The van der Waals surface area contributed by atoms with E-state index in [4.69, 9.17) is 0 Å². The molecule has 3 N–H and O–H groups in total. The highest BCUT2D eigenvalue weighted by Crippen LogP contribution is 2.32. The summed E-state index contributed by atoms with van der Waals surface area (Å²) < 4.78 is 0. The Hall–Kier alpha value is -1.52. The fraction of sp³-hybridized carbons (Fsp3) is 0.714. The average molecular weight is 268 g/mol. The number of allylic oxidation sites excluding steroid dienone is 1. The van der Waals surface area contributed by atoms with E-state index in [1.807, 2.05) is 19.1 Å². The molecule has 1 saturated carbocycles. The number of rotatable bonds is 5. The molecular weight excluding hydrogens is 244 g/mol. The molecule has 0 spiro atoms. The molecule has 0 atom stereocenters. The number of aliphatic carboxylic acids is 1. The quantitative estimate of drug-likeness (QED) is 0.529. The topological polar surface area (TPSA) is 78.4 Å². The first-order valence-electron chi connectivity index (χ1n) is 6.91. The molecule has 0 aromatic carbocycles. The van der Waals surface area contributed by atoms with Gasteiger partial charge in [-0.3, -0.25) is 0 Å². The second kappa shape index (κ2) is 7.16. The molecule has 2 amide bonds. The highest BCUT2D eigenvalue weighted by atomic mass is 16.4. The van der Waals surface area contributed by atoms with Crippen LogP contribution in [0.5, 0.6) is 0 Å². The van der Waals surface area contributed by atoms with Crippen molar-refractivity contribution in [2.24, 2.45) is 5.92 Å². The summed E-state index contributed by atoms with van der Waals surface area (Å²) in [4.78, 5) is 23.2. The second-order valence-electron chi connectivity index (χ2n) is 5.31. The van der Waals surface area contributed by atoms with Gasteiger partial charge in [-0.05, 0) is 44.9 Å². The third-order valence-corrected chi connectivity index (χ3v) is 3.72. The first-order chi connectivity index (χ1) is 9.00. The molecule has 0 aromatic heterocycles. The maximum Gasteiger partial charge on any atom is 0.329 e. The number of carboxylic acid groups (broad SMARTS) is 1. The van der Waals surface area contributed by atoms with Gasteiger partial charge in [0, 0.05) is 6.54 Å². The standard InChI is InChI=1S/C14H24N2O3/c1-3-4-5-10-15-13(19)16-14(12(17)18)8-6-11(2)7-9-14/h3-4,11H,5-10H2,1-2H3,(H,17,18)(H2,15,16,19)/b4-3+. The molecule has 1 aliphatic rings. The van der Waals surface area contributed by atoms with Crippen LogP contribution >= 0.6 is 0 Å². The lowest BCUT2D eigenvalue weighted by Crippen LogP contribution is -2.58. The molecule has 0 aromatic rings. The molecule has 0 radical (unpaired) electrons. The Balaban J connectivity index is 2.49. The van der Waals surface area contributed by atoms with Gasteiger partial charge in [-0.25, -0.2) is 9.59 Å². The first kappa shape index (κ1) is 15.5. The molecule has 0 bridgehead atoms. The Morgan fingerprint density at radius 2 is 2.00 bits per heavy atom. The number of carboxylic acids is 1. The smallest absolute Gasteiger partial charge is 0.329 e. The maximum absolute atomic E-state index is 11.8. The van der Waals surface area contributed by atoms with E-state index in [1.165, 1.54) is 0 Å². The van der Waals surface area contributed by atoms with Gasteiger partial charge >= 0.3 is 12.0 Å². The minimum Gasteiger partial charge on any atom is -0.480 e. The van der Waals surface area contributed by atoms with Crippen molar-refractivity contribution in [1.29, 1.82) is 0 Å². The van der Waals surface area contributed by atoms with E-state index < -0.39 is 11.5 Å². The SMILES string of the molecule is C/C=C/CCNC(=O)NC1(C(=O)O)CCC(C)CC1. The predicted octanol–water partition coefficient (Wildman–Crippen LogP) is 2.29. The van der Waals surface area contributed by atoms with Crippen LogP contribution in [0.15, 0.2) is 12.2 Å². The minimum absolute atomic E-state index is 0.388. The van der Waals surface area contributed by atoms with Crippen LogP contribution in [0.4, 0.5) is 4.79 Å². The molecule has 1 rings (SSSR count). The summed E-state index contributed by atoms with van der Waals surface area (Å²) in [7, 11) is 0. The van der Waals surface area contributed by atoms with Crippen molar-refractivity contribution >= 4 is 12.0 Å². The molecular formula is C14H24N2O3. The third-order valence-electron chi connectivity index (χ3n) is 3.72. The van der Waals surface area contributed by atoms with Crippen molar-refractivity contribution in [2.75, 3.05) is 6.54 Å². The fourth-order valence-electron chi connectivity index (χ4n) is 2.34. The average Bonchev–Trinajstić information content (AvgIpc) is 2.37. The Bertz CT molecular complexity index is 345. The van der Waals surface area contributed by atoms with Crippen molar-refractivity contribution in [2.45, 2.75) is 51.5 Å². The van der Waals surface area contributed by atoms with Crippen LogP contribution in [0.3, 0.4) is 0 Å². The molecule has 19 heavy (non-hydrogen) atoms. The van der Waals surface area contributed by atoms with Crippen LogP contribution in [0.1, 0.15) is 46.0 Å². The first-order valence-corrected chi connectivity index (χ1v) is 6.91. The minimum atomic E-state index is -1.09. The van der Waals surface area contributed by atoms with Gasteiger partial charge in [0.1, 0.15) is 5.54 Å². The van der Waals surface area contributed by atoms with E-state index in [1.54, 1.807) is 0 Å². The normalized spacial score (nSPS) is 27.2. The summed E-state index contributed by atoms with van der Waals surface area (Å²) in [6, 6.07) is -0.388. The molecule has 5 nitrogen and oxygen atoms in total. The van der Waals surface area contributed by atoms with Gasteiger partial charge in [0.15, 0.2) is 0 Å². The van der Waals surface area contributed by atoms with Crippen LogP contribution in [-0.2, 0) is 4.79 Å². The predicted molar refractivity (Wildman–Crippen MR) is 74.0 cm³/mol. The van der Waals surface area contributed by atoms with Crippen LogP contribution in [-0.4, -0.2) is 29.2 Å². The molecule has 0 saturated heterocycles. The van der Waals surface area contributed by atoms with Crippen molar-refractivity contribution in [3.05, 3.63) is 12.2 Å². The summed E-state index contributed by atoms with van der Waals surface area (Å²) in [5, 5.41) is 14.7. The van der Waals surface area contributed by atoms with Gasteiger partial charge in [0.2, 0.25) is 0 Å². The molecule has 1 fully saturated rings. The van der Waals surface area contributed by atoms with Crippen LogP contribution in [0.2, 0.25) is 0 Å². The summed E-state index contributed by atoms with van der Waals surface area (Å²) in [5.74, 6) is -0.393. The molecule has 1 aliphatic carbocycles. The zero-order chi connectivity index (χ0) is 14.3. The molecule has 108 valence electrons. The number of carbonyl (C=O) groups is 2. The Morgan fingerprint density at radius 1 is 1.37 bits per heavy atom. The summed E-state index contributed by atoms with van der Waals surface area (Å²) in [5.41, 5.74) is -1.09. The van der Waals surface area contributed by atoms with E-state index in [2.05, 4.69) is 17.6 Å². The molecule has 0 heterocycles. The highest BCUT2D eigenvalue weighted by Gasteiger charge is 2.42. The van der Waals surface area contributed by atoms with Gasteiger partial charge in [-0.1, -0.05) is 19.1 Å². The van der Waals surface area contributed by atoms with Crippen LogP contribution < -0.4 is 10.6 Å². The van der Waals surface area contributed by atoms with Crippen LogP contribution in [0, 0.1) is 5.92 Å². The van der Waals surface area contributed by atoms with E-state index >= 15 is 0 Å². The summed E-state index contributed by atoms with van der Waals surface area (Å²) in [6.45, 7) is 4.55. The zero-order valence-corrected chi connectivity index (χ0v) is 11.7. The second-order valence-corrected chi connectivity index (χ2v) is 5.31. The number of amides is 2. The summed E-state index contributed by atoms with van der Waals surface area (Å²) >= 11 is 0. The van der Waals surface area contributed by atoms with Gasteiger partial charge in [-0.2, -0.15) is 0 Å². The summed E-state index contributed by atoms with van der Waals surface area (Å²) in [6.07, 6.45) is 7.31. The third kappa shape index (κ3) is 4.58. The van der Waals surface area contributed by atoms with E-state index in [9.17, 15) is 14.7 Å². The fourth-order valence-corrected chi connectivity index (χ4v) is 2.34. The zero-order valence-electron chi connectivity index (χ0n) is 11.7.